The third-order valence-electron chi connectivity index (χ3n) is 11.5. The van der Waals surface area contributed by atoms with Gasteiger partial charge < -0.3 is 9.47 Å². The molecule has 0 aliphatic carbocycles. The molecule has 0 fully saturated rings. The first-order valence-corrected chi connectivity index (χ1v) is 18.5. The van der Waals surface area contributed by atoms with E-state index in [1.807, 2.05) is 0 Å². The van der Waals surface area contributed by atoms with Gasteiger partial charge in [-0.15, -0.1) is 0 Å². The van der Waals surface area contributed by atoms with E-state index in [2.05, 4.69) is 182 Å². The summed E-state index contributed by atoms with van der Waals surface area (Å²) in [5.74, 6) is 3.60. The third-order valence-corrected chi connectivity index (χ3v) is 11.5. The number of fused-ring (bicyclic) bond motifs is 6. The van der Waals surface area contributed by atoms with Crippen LogP contribution in [0.1, 0.15) is 0 Å². The smallest absolute Gasteiger partial charge is 0.135 e. The summed E-state index contributed by atoms with van der Waals surface area (Å²) in [6.07, 6.45) is 0. The fourth-order valence-corrected chi connectivity index (χ4v) is 9.03. The van der Waals surface area contributed by atoms with Gasteiger partial charge in [-0.25, -0.2) is 0 Å². The molecule has 2 nitrogen and oxygen atoms in total. The normalized spacial score (nSPS) is 12.4. The zero-order chi connectivity index (χ0) is 35.3. The van der Waals surface area contributed by atoms with Gasteiger partial charge in [0.1, 0.15) is 23.0 Å². The quantitative estimate of drug-likeness (QED) is 0.184. The Morgan fingerprint density at radius 1 is 0.241 bits per heavy atom. The minimum atomic E-state index is 0.891. The van der Waals surface area contributed by atoms with Crippen molar-refractivity contribution >= 4 is 43.1 Å². The Morgan fingerprint density at radius 3 is 1.06 bits per heavy atom. The molecule has 0 aromatic heterocycles. The maximum absolute atomic E-state index is 6.56. The molecule has 0 amide bonds. The third kappa shape index (κ3) is 4.22. The van der Waals surface area contributed by atoms with E-state index < -0.39 is 0 Å². The summed E-state index contributed by atoms with van der Waals surface area (Å²) in [4.78, 5) is 0. The highest BCUT2D eigenvalue weighted by Crippen LogP contribution is 2.50. The summed E-state index contributed by atoms with van der Waals surface area (Å²) >= 11 is 0. The first-order valence-electron chi connectivity index (χ1n) is 18.5. The van der Waals surface area contributed by atoms with Crippen molar-refractivity contribution in [1.29, 1.82) is 0 Å². The second-order valence-corrected chi connectivity index (χ2v) is 14.4. The SMILES string of the molecule is c1cc2c3c(cccc3c1)-c1ccc(-c3ccc(-c4ccc(-c5ccc6c(c5)Oc5cccc7cccc-6c57)c5ccccc45)c4ccccc34)cc1O2. The van der Waals surface area contributed by atoms with Crippen LogP contribution < -0.4 is 9.47 Å². The molecule has 0 N–H and O–H groups in total. The van der Waals surface area contributed by atoms with Crippen LogP contribution in [0.2, 0.25) is 0 Å². The van der Waals surface area contributed by atoms with E-state index in [0.29, 0.717) is 0 Å². The van der Waals surface area contributed by atoms with Crippen molar-refractivity contribution < 1.29 is 9.47 Å². The fraction of sp³-hybridized carbons (Fsp3) is 0. The minimum absolute atomic E-state index is 0.891. The highest BCUT2D eigenvalue weighted by Gasteiger charge is 2.23. The van der Waals surface area contributed by atoms with Gasteiger partial charge in [0.2, 0.25) is 0 Å². The number of rotatable bonds is 3. The first kappa shape index (κ1) is 29.4. The van der Waals surface area contributed by atoms with E-state index in [9.17, 15) is 0 Å². The predicted molar refractivity (Wildman–Crippen MR) is 224 cm³/mol. The summed E-state index contributed by atoms with van der Waals surface area (Å²) in [6.45, 7) is 0. The Labute approximate surface area is 312 Å². The summed E-state index contributed by atoms with van der Waals surface area (Å²) in [7, 11) is 0. The molecule has 250 valence electrons. The van der Waals surface area contributed by atoms with E-state index in [0.717, 1.165) is 45.3 Å². The van der Waals surface area contributed by atoms with Gasteiger partial charge in [0.25, 0.3) is 0 Å². The number of hydrogen-bond acceptors (Lipinski definition) is 2. The molecule has 10 aromatic rings. The Morgan fingerprint density at radius 2 is 0.611 bits per heavy atom. The van der Waals surface area contributed by atoms with Crippen LogP contribution in [0.4, 0.5) is 0 Å². The van der Waals surface area contributed by atoms with Crippen LogP contribution in [0.3, 0.4) is 0 Å². The second-order valence-electron chi connectivity index (χ2n) is 14.4. The van der Waals surface area contributed by atoms with Crippen LogP contribution in [0.15, 0.2) is 182 Å². The molecule has 0 saturated carbocycles. The van der Waals surface area contributed by atoms with Crippen LogP contribution in [0.25, 0.3) is 98.7 Å². The van der Waals surface area contributed by atoms with Crippen molar-refractivity contribution in [2.75, 3.05) is 0 Å². The van der Waals surface area contributed by atoms with Crippen molar-refractivity contribution in [2.45, 2.75) is 0 Å². The van der Waals surface area contributed by atoms with E-state index in [1.54, 1.807) is 0 Å². The van der Waals surface area contributed by atoms with E-state index >= 15 is 0 Å². The van der Waals surface area contributed by atoms with Crippen molar-refractivity contribution in [3.05, 3.63) is 182 Å². The molecule has 12 rings (SSSR count). The summed E-state index contributed by atoms with van der Waals surface area (Å²) in [5, 5.41) is 9.61. The maximum Gasteiger partial charge on any atom is 0.135 e. The standard InChI is InChI=1S/C52H30O2/c1-3-15-39-37(13-1)35(33-21-23-43-45-17-5-9-31-11-7-19-47(51(31)45)53-49(43)29-33)25-27-41(39)42-28-26-36(38-14-2-4-16-40(38)42)34-22-24-44-46-18-6-10-32-12-8-20-48(52(32)46)54-50(44)30-34/h1-30H. The largest absolute Gasteiger partial charge is 0.456 e. The molecule has 2 heteroatoms. The molecular weight excluding hydrogens is 657 g/mol. The summed E-state index contributed by atoms with van der Waals surface area (Å²) in [6, 6.07) is 65.6. The maximum atomic E-state index is 6.56. The molecule has 2 heterocycles. The monoisotopic (exact) mass is 686 g/mol. The minimum Gasteiger partial charge on any atom is -0.456 e. The molecule has 0 spiro atoms. The van der Waals surface area contributed by atoms with Crippen molar-refractivity contribution in [3.8, 4) is 78.6 Å². The van der Waals surface area contributed by atoms with Gasteiger partial charge in [-0.05, 0) is 113 Å². The Kier molecular flexibility index (Phi) is 6.09. The Balaban J connectivity index is 0.969. The van der Waals surface area contributed by atoms with Crippen LogP contribution in [0, 0.1) is 0 Å². The summed E-state index contributed by atoms with van der Waals surface area (Å²) < 4.78 is 13.1. The Bertz CT molecular complexity index is 3000. The molecule has 0 bridgehead atoms. The molecular formula is C52H30O2. The van der Waals surface area contributed by atoms with Crippen LogP contribution in [0.5, 0.6) is 23.0 Å². The highest BCUT2D eigenvalue weighted by atomic mass is 16.5. The van der Waals surface area contributed by atoms with Gasteiger partial charge in [-0.2, -0.15) is 0 Å². The molecule has 0 atom stereocenters. The van der Waals surface area contributed by atoms with E-state index in [-0.39, 0.29) is 0 Å². The highest BCUT2D eigenvalue weighted by molar-refractivity contribution is 6.13. The van der Waals surface area contributed by atoms with Gasteiger partial charge in [0.15, 0.2) is 0 Å². The van der Waals surface area contributed by atoms with Crippen molar-refractivity contribution in [2.24, 2.45) is 0 Å². The van der Waals surface area contributed by atoms with Crippen molar-refractivity contribution in [1.82, 2.24) is 0 Å². The molecule has 0 radical (unpaired) electrons. The van der Waals surface area contributed by atoms with Crippen LogP contribution in [-0.2, 0) is 0 Å². The lowest BCUT2D eigenvalue weighted by molar-refractivity contribution is 0.487. The molecule has 0 saturated heterocycles. The lowest BCUT2D eigenvalue weighted by Crippen LogP contribution is -1.97. The predicted octanol–water partition coefficient (Wildman–Crippen LogP) is 14.8. The molecule has 2 aliphatic rings. The van der Waals surface area contributed by atoms with E-state index in [1.165, 1.54) is 76.5 Å². The lowest BCUT2D eigenvalue weighted by atomic mass is 9.87. The fourth-order valence-electron chi connectivity index (χ4n) is 9.03. The average molecular weight is 687 g/mol. The molecule has 2 aliphatic heterocycles. The number of hydrogen-bond donors (Lipinski definition) is 0. The Hall–Kier alpha value is -7.16. The topological polar surface area (TPSA) is 18.5 Å². The average Bonchev–Trinajstić information content (AvgIpc) is 3.23. The summed E-state index contributed by atoms with van der Waals surface area (Å²) in [5.41, 5.74) is 11.8. The lowest BCUT2D eigenvalue weighted by Gasteiger charge is -2.22. The molecule has 54 heavy (non-hydrogen) atoms. The van der Waals surface area contributed by atoms with Gasteiger partial charge in [0, 0.05) is 21.9 Å². The van der Waals surface area contributed by atoms with Gasteiger partial charge in [0.05, 0.1) is 0 Å². The van der Waals surface area contributed by atoms with Gasteiger partial charge in [-0.1, -0.05) is 146 Å². The van der Waals surface area contributed by atoms with Crippen LogP contribution >= 0.6 is 0 Å². The van der Waals surface area contributed by atoms with Crippen molar-refractivity contribution in [3.63, 3.8) is 0 Å². The van der Waals surface area contributed by atoms with Crippen LogP contribution in [-0.4, -0.2) is 0 Å². The van der Waals surface area contributed by atoms with E-state index in [4.69, 9.17) is 9.47 Å². The second kappa shape index (κ2) is 11.2. The number of benzene rings is 10. The molecule has 10 aromatic carbocycles. The number of ether oxygens (including phenoxy) is 2. The zero-order valence-corrected chi connectivity index (χ0v) is 29.1. The molecule has 0 unspecified atom stereocenters. The first-order chi connectivity index (χ1) is 26.8. The van der Waals surface area contributed by atoms with Gasteiger partial charge in [-0.3, -0.25) is 0 Å². The van der Waals surface area contributed by atoms with Gasteiger partial charge >= 0.3 is 0 Å². The zero-order valence-electron chi connectivity index (χ0n) is 29.1.